The maximum Gasteiger partial charge on any atom is 0.254 e. The van der Waals surface area contributed by atoms with Crippen LogP contribution in [0.5, 0.6) is 0 Å². The van der Waals surface area contributed by atoms with Crippen LogP contribution in [0.2, 0.25) is 0 Å². The number of piperidine rings is 1. The maximum atomic E-state index is 13.4. The fraction of sp³-hybridized carbons (Fsp3) is 0.458. The smallest absolute Gasteiger partial charge is 0.254 e. The van der Waals surface area contributed by atoms with Crippen molar-refractivity contribution in [3.63, 3.8) is 0 Å². The minimum Gasteiger partial charge on any atom is -0.332 e. The molecule has 2 aliphatic rings. The predicted molar refractivity (Wildman–Crippen MR) is 118 cm³/mol. The van der Waals surface area contributed by atoms with Crippen molar-refractivity contribution in [2.75, 3.05) is 13.1 Å². The van der Waals surface area contributed by atoms with Crippen molar-refractivity contribution in [1.29, 1.82) is 0 Å². The molecule has 2 aromatic rings. The van der Waals surface area contributed by atoms with Gasteiger partial charge in [0.05, 0.1) is 10.9 Å². The topological polar surface area (TPSA) is 57.7 Å². The summed E-state index contributed by atoms with van der Waals surface area (Å²) in [6.45, 7) is 5.27. The van der Waals surface area contributed by atoms with Crippen molar-refractivity contribution in [2.24, 2.45) is 0 Å². The van der Waals surface area contributed by atoms with Crippen LogP contribution in [0.1, 0.15) is 66.6 Å². The van der Waals surface area contributed by atoms with Crippen LogP contribution in [-0.2, 0) is 10.0 Å². The van der Waals surface area contributed by atoms with Crippen molar-refractivity contribution in [3.8, 4) is 0 Å². The highest BCUT2D eigenvalue weighted by Gasteiger charge is 2.34. The van der Waals surface area contributed by atoms with Crippen molar-refractivity contribution in [1.82, 2.24) is 9.21 Å². The lowest BCUT2D eigenvalue weighted by molar-refractivity contribution is 0.0735. The average Bonchev–Trinajstić information content (AvgIpc) is 3.23. The molecule has 4 rings (SSSR count). The number of amides is 1. The average molecular weight is 427 g/mol. The van der Waals surface area contributed by atoms with Gasteiger partial charge < -0.3 is 4.90 Å². The summed E-state index contributed by atoms with van der Waals surface area (Å²) in [6.07, 6.45) is 4.70. The number of aryl methyl sites for hydroxylation is 1. The van der Waals surface area contributed by atoms with Crippen LogP contribution in [0.15, 0.2) is 53.4 Å². The number of hydrogen-bond acceptors (Lipinski definition) is 3. The first-order valence-electron chi connectivity index (χ1n) is 10.9. The molecule has 0 N–H and O–H groups in total. The molecule has 2 fully saturated rings. The summed E-state index contributed by atoms with van der Waals surface area (Å²) >= 11 is 0. The van der Waals surface area contributed by atoms with Gasteiger partial charge >= 0.3 is 0 Å². The van der Waals surface area contributed by atoms with E-state index in [4.69, 9.17) is 0 Å². The van der Waals surface area contributed by atoms with Gasteiger partial charge in [-0.2, -0.15) is 4.31 Å². The molecule has 2 atom stereocenters. The van der Waals surface area contributed by atoms with Gasteiger partial charge in [0.2, 0.25) is 10.0 Å². The van der Waals surface area contributed by atoms with Crippen LogP contribution in [-0.4, -0.2) is 42.7 Å². The zero-order valence-corrected chi connectivity index (χ0v) is 18.6. The van der Waals surface area contributed by atoms with Crippen molar-refractivity contribution >= 4 is 15.9 Å². The molecule has 0 aliphatic carbocycles. The summed E-state index contributed by atoms with van der Waals surface area (Å²) in [7, 11) is -3.60. The number of nitrogens with zero attached hydrogens (tertiary/aromatic N) is 2. The summed E-state index contributed by atoms with van der Waals surface area (Å²) in [5.74, 6) is -0.0931. The first-order valence-corrected chi connectivity index (χ1v) is 12.3. The predicted octanol–water partition coefficient (Wildman–Crippen LogP) is 4.54. The lowest BCUT2D eigenvalue weighted by atomic mass is 9.99. The number of sulfonamides is 1. The molecule has 160 valence electrons. The molecule has 30 heavy (non-hydrogen) atoms. The molecule has 2 aliphatic heterocycles. The number of benzene rings is 2. The van der Waals surface area contributed by atoms with Crippen molar-refractivity contribution in [2.45, 2.75) is 62.9 Å². The molecule has 0 radical (unpaired) electrons. The lowest BCUT2D eigenvalue weighted by Gasteiger charge is -2.32. The number of rotatable bonds is 4. The molecule has 2 aromatic carbocycles. The van der Waals surface area contributed by atoms with Crippen molar-refractivity contribution in [3.05, 3.63) is 65.2 Å². The zero-order valence-electron chi connectivity index (χ0n) is 17.8. The Morgan fingerprint density at radius 3 is 2.53 bits per heavy atom. The van der Waals surface area contributed by atoms with Crippen LogP contribution in [0.4, 0.5) is 0 Å². The van der Waals surface area contributed by atoms with Crippen LogP contribution in [0.25, 0.3) is 0 Å². The molecule has 0 saturated carbocycles. The second-order valence-corrected chi connectivity index (χ2v) is 10.4. The minimum absolute atomic E-state index is 0.00729. The highest BCUT2D eigenvalue weighted by atomic mass is 32.2. The van der Waals surface area contributed by atoms with E-state index in [0.717, 1.165) is 32.1 Å². The van der Waals surface area contributed by atoms with Gasteiger partial charge in [-0.15, -0.1) is 0 Å². The Morgan fingerprint density at radius 2 is 1.77 bits per heavy atom. The van der Waals surface area contributed by atoms with E-state index < -0.39 is 10.0 Å². The van der Waals surface area contributed by atoms with E-state index in [9.17, 15) is 13.2 Å². The Hall–Kier alpha value is -2.18. The molecular formula is C24H30N2O3S. The number of likely N-dealkylation sites (tertiary alicyclic amines) is 1. The van der Waals surface area contributed by atoms with Crippen LogP contribution >= 0.6 is 0 Å². The number of carbonyl (C=O) groups excluding carboxylic acids is 1. The third-order valence-corrected chi connectivity index (χ3v) is 8.50. The summed E-state index contributed by atoms with van der Waals surface area (Å²) in [6, 6.07) is 14.8. The van der Waals surface area contributed by atoms with Crippen molar-refractivity contribution < 1.29 is 13.2 Å². The third-order valence-electron chi connectivity index (χ3n) is 6.49. The van der Waals surface area contributed by atoms with Gasteiger partial charge in [0.1, 0.15) is 0 Å². The molecule has 0 aromatic heterocycles. The Kier molecular flexibility index (Phi) is 5.98. The fourth-order valence-electron chi connectivity index (χ4n) is 4.81. The summed E-state index contributed by atoms with van der Waals surface area (Å²) in [4.78, 5) is 15.5. The standard InChI is InChI=1S/C24H30N2O3S/c1-18-9-3-4-13-22(18)23-14-8-15-25(23)24(27)20-11-7-12-21(17-20)30(28,29)26-16-6-5-10-19(26)2/h3-4,7,9,11-13,17,19,23H,5-6,8,10,14-16H2,1-2H3. The van der Waals surface area contributed by atoms with E-state index in [1.165, 1.54) is 11.1 Å². The van der Waals surface area contributed by atoms with Gasteiger partial charge in [-0.3, -0.25) is 4.79 Å². The largest absolute Gasteiger partial charge is 0.332 e. The Balaban J connectivity index is 1.62. The molecule has 6 heteroatoms. The molecule has 2 unspecified atom stereocenters. The molecule has 0 spiro atoms. The second kappa shape index (κ2) is 8.52. The highest BCUT2D eigenvalue weighted by molar-refractivity contribution is 7.89. The minimum atomic E-state index is -3.60. The lowest BCUT2D eigenvalue weighted by Crippen LogP contribution is -2.42. The molecule has 2 heterocycles. The van der Waals surface area contributed by atoms with E-state index >= 15 is 0 Å². The van der Waals surface area contributed by atoms with Crippen LogP contribution in [0.3, 0.4) is 0 Å². The first kappa shape index (κ1) is 21.1. The Morgan fingerprint density at radius 1 is 0.967 bits per heavy atom. The SMILES string of the molecule is Cc1ccccc1C1CCCN1C(=O)c1cccc(S(=O)(=O)N2CCCCC2C)c1. The number of carbonyl (C=O) groups is 1. The Labute approximate surface area is 179 Å². The molecule has 0 bridgehead atoms. The fourth-order valence-corrected chi connectivity index (χ4v) is 6.56. The van der Waals surface area contributed by atoms with Gasteiger partial charge in [-0.25, -0.2) is 8.42 Å². The van der Waals surface area contributed by atoms with Gasteiger partial charge in [-0.05, 0) is 68.9 Å². The van der Waals surface area contributed by atoms with Gasteiger partial charge in [0.15, 0.2) is 0 Å². The Bertz CT molecular complexity index is 1030. The summed E-state index contributed by atoms with van der Waals surface area (Å²) < 4.78 is 28.0. The second-order valence-electron chi connectivity index (χ2n) is 8.50. The van der Waals surface area contributed by atoms with Crippen LogP contribution < -0.4 is 0 Å². The van der Waals surface area contributed by atoms with Gasteiger partial charge in [-0.1, -0.05) is 36.8 Å². The third kappa shape index (κ3) is 3.91. The van der Waals surface area contributed by atoms with E-state index in [1.807, 2.05) is 24.0 Å². The first-order chi connectivity index (χ1) is 14.4. The van der Waals surface area contributed by atoms with Gasteiger partial charge in [0, 0.05) is 24.7 Å². The zero-order chi connectivity index (χ0) is 21.3. The van der Waals surface area contributed by atoms with E-state index in [1.54, 1.807) is 28.6 Å². The highest BCUT2D eigenvalue weighted by Crippen LogP contribution is 2.35. The quantitative estimate of drug-likeness (QED) is 0.721. The molecule has 1 amide bonds. The molecule has 2 saturated heterocycles. The monoisotopic (exact) mass is 426 g/mol. The summed E-state index contributed by atoms with van der Waals surface area (Å²) in [5, 5.41) is 0. The summed E-state index contributed by atoms with van der Waals surface area (Å²) in [5.41, 5.74) is 2.80. The van der Waals surface area contributed by atoms with Gasteiger partial charge in [0.25, 0.3) is 5.91 Å². The van der Waals surface area contributed by atoms with E-state index in [2.05, 4.69) is 19.1 Å². The maximum absolute atomic E-state index is 13.4. The van der Waals surface area contributed by atoms with E-state index in [-0.39, 0.29) is 22.9 Å². The molecule has 5 nitrogen and oxygen atoms in total. The van der Waals surface area contributed by atoms with E-state index in [0.29, 0.717) is 18.7 Å². The number of hydrogen-bond donors (Lipinski definition) is 0. The van der Waals surface area contributed by atoms with Crippen LogP contribution in [0, 0.1) is 6.92 Å². The normalized spacial score (nSPS) is 22.9. The molecular weight excluding hydrogens is 396 g/mol.